The van der Waals surface area contributed by atoms with Gasteiger partial charge in [-0.15, -0.1) is 0 Å². The minimum Gasteiger partial charge on any atom is -0.497 e. The van der Waals surface area contributed by atoms with E-state index >= 15 is 0 Å². The number of aromatic hydroxyl groups is 1. The maximum absolute atomic E-state index is 13.1. The normalized spacial score (nSPS) is 11.2. The monoisotopic (exact) mass is 581 g/mol. The molecule has 0 aliphatic carbocycles. The van der Waals surface area contributed by atoms with Gasteiger partial charge in [-0.3, -0.25) is 4.79 Å². The lowest BCUT2D eigenvalue weighted by molar-refractivity contribution is 0.103. The Morgan fingerprint density at radius 3 is 1.57 bits per heavy atom. The number of aromatic nitrogens is 1. The van der Waals surface area contributed by atoms with E-state index in [1.165, 1.54) is 17.2 Å². The smallest absolute Gasteiger partial charge is 0.211 e. The van der Waals surface area contributed by atoms with Crippen molar-refractivity contribution in [3.63, 3.8) is 0 Å². The van der Waals surface area contributed by atoms with Crippen LogP contribution in [0.2, 0.25) is 0 Å². The number of ether oxygens (including phenoxy) is 3. The van der Waals surface area contributed by atoms with E-state index in [9.17, 15) is 9.90 Å². The standard InChI is InChI=1S/C38H31NO5/c1-38(2,28-9-17-30(42-3)18-10-28)29-11-19-33(20-12-29)43-31-13-4-25(5-14-31)37(41)26-6-15-32(16-7-26)44-34-21-22-35-27(24-34)8-23-36(40)39-35/h4-24H,1-3H3,(H,39,40). The largest absolute Gasteiger partial charge is 0.497 e. The van der Waals surface area contributed by atoms with Gasteiger partial charge in [0, 0.05) is 28.0 Å². The lowest BCUT2D eigenvalue weighted by atomic mass is 9.78. The summed E-state index contributed by atoms with van der Waals surface area (Å²) in [7, 11) is 1.67. The topological polar surface area (TPSA) is 77.9 Å². The summed E-state index contributed by atoms with van der Waals surface area (Å²) < 4.78 is 17.3. The number of ketones is 1. The van der Waals surface area contributed by atoms with E-state index < -0.39 is 0 Å². The van der Waals surface area contributed by atoms with E-state index in [1.54, 1.807) is 73.8 Å². The second-order valence-corrected chi connectivity index (χ2v) is 11.0. The third kappa shape index (κ3) is 6.10. The molecule has 1 aromatic heterocycles. The highest BCUT2D eigenvalue weighted by molar-refractivity contribution is 6.09. The average Bonchev–Trinajstić information content (AvgIpc) is 3.05. The molecule has 0 bridgehead atoms. The van der Waals surface area contributed by atoms with E-state index in [4.69, 9.17) is 14.2 Å². The van der Waals surface area contributed by atoms with Crippen LogP contribution >= 0.6 is 0 Å². The number of rotatable bonds is 9. The second kappa shape index (κ2) is 11.9. The predicted octanol–water partition coefficient (Wildman–Crippen LogP) is 9.09. The van der Waals surface area contributed by atoms with Crippen molar-refractivity contribution in [1.29, 1.82) is 0 Å². The first-order chi connectivity index (χ1) is 21.3. The molecule has 0 fully saturated rings. The SMILES string of the molecule is COc1ccc(C(C)(C)c2ccc(Oc3ccc(C(=O)c4ccc(Oc5ccc6nc(O)ccc6c5)cc4)cc3)cc2)cc1. The van der Waals surface area contributed by atoms with Crippen LogP contribution in [0, 0.1) is 0 Å². The van der Waals surface area contributed by atoms with Crippen LogP contribution in [0.25, 0.3) is 10.9 Å². The molecule has 0 aliphatic rings. The van der Waals surface area contributed by atoms with Gasteiger partial charge in [0.1, 0.15) is 28.7 Å². The molecule has 0 saturated carbocycles. The summed E-state index contributed by atoms with van der Waals surface area (Å²) in [5.41, 5.74) is 3.98. The molecule has 0 saturated heterocycles. The Hall–Kier alpha value is -5.62. The zero-order valence-corrected chi connectivity index (χ0v) is 24.7. The molecule has 1 heterocycles. The molecule has 6 heteroatoms. The van der Waals surface area contributed by atoms with Crippen molar-refractivity contribution in [3.05, 3.63) is 150 Å². The fourth-order valence-corrected chi connectivity index (χ4v) is 5.06. The molecule has 0 amide bonds. The molecule has 0 atom stereocenters. The summed E-state index contributed by atoms with van der Waals surface area (Å²) in [6.07, 6.45) is 0. The van der Waals surface area contributed by atoms with Crippen LogP contribution < -0.4 is 14.2 Å². The number of nitrogens with zero attached hydrogens (tertiary/aromatic N) is 1. The van der Waals surface area contributed by atoms with E-state index in [0.29, 0.717) is 33.9 Å². The molecule has 6 rings (SSSR count). The summed E-state index contributed by atoms with van der Waals surface area (Å²) in [6.45, 7) is 4.38. The Morgan fingerprint density at radius 1 is 0.591 bits per heavy atom. The van der Waals surface area contributed by atoms with E-state index in [1.807, 2.05) is 30.3 Å². The summed E-state index contributed by atoms with van der Waals surface area (Å²) in [4.78, 5) is 17.2. The van der Waals surface area contributed by atoms with Gasteiger partial charge in [-0.2, -0.15) is 0 Å². The lowest BCUT2D eigenvalue weighted by Gasteiger charge is -2.26. The maximum atomic E-state index is 13.1. The molecule has 0 spiro atoms. The first kappa shape index (κ1) is 28.5. The fraction of sp³-hybridized carbons (Fsp3) is 0.105. The molecule has 1 N–H and O–H groups in total. The van der Waals surface area contributed by atoms with Crippen molar-refractivity contribution in [2.24, 2.45) is 0 Å². The average molecular weight is 582 g/mol. The second-order valence-electron chi connectivity index (χ2n) is 11.0. The van der Waals surface area contributed by atoms with Gasteiger partial charge in [0.05, 0.1) is 12.6 Å². The van der Waals surface area contributed by atoms with Gasteiger partial charge < -0.3 is 19.3 Å². The van der Waals surface area contributed by atoms with Crippen LogP contribution in [0.3, 0.4) is 0 Å². The van der Waals surface area contributed by atoms with Crippen molar-refractivity contribution >= 4 is 16.7 Å². The molecule has 0 radical (unpaired) electrons. The number of methoxy groups -OCH3 is 1. The summed E-state index contributed by atoms with van der Waals surface area (Å²) in [6, 6.07) is 39.1. The number of fused-ring (bicyclic) bond motifs is 1. The Balaban J connectivity index is 1.08. The van der Waals surface area contributed by atoms with Crippen LogP contribution in [-0.2, 0) is 5.41 Å². The molecule has 6 nitrogen and oxygen atoms in total. The number of carbonyl (C=O) groups excluding carboxylic acids is 1. The van der Waals surface area contributed by atoms with Crippen LogP contribution in [0.15, 0.2) is 127 Å². The Labute approximate surface area is 256 Å². The van der Waals surface area contributed by atoms with Gasteiger partial charge in [0.25, 0.3) is 0 Å². The summed E-state index contributed by atoms with van der Waals surface area (Å²) in [5, 5.41) is 10.4. The Kier molecular flexibility index (Phi) is 7.73. The molecular weight excluding hydrogens is 550 g/mol. The lowest BCUT2D eigenvalue weighted by Crippen LogP contribution is -2.18. The number of hydrogen-bond acceptors (Lipinski definition) is 6. The van der Waals surface area contributed by atoms with Crippen molar-refractivity contribution < 1.29 is 24.1 Å². The molecular formula is C38H31NO5. The zero-order chi connectivity index (χ0) is 30.7. The number of hydrogen-bond donors (Lipinski definition) is 1. The Morgan fingerprint density at radius 2 is 1.05 bits per heavy atom. The van der Waals surface area contributed by atoms with E-state index in [0.717, 1.165) is 16.9 Å². The molecule has 0 unspecified atom stereocenters. The maximum Gasteiger partial charge on any atom is 0.211 e. The van der Waals surface area contributed by atoms with Crippen LogP contribution in [0.5, 0.6) is 34.6 Å². The minimum absolute atomic E-state index is 0.0235. The highest BCUT2D eigenvalue weighted by atomic mass is 16.5. The molecule has 5 aromatic carbocycles. The number of benzene rings is 5. The highest BCUT2D eigenvalue weighted by Crippen LogP contribution is 2.34. The van der Waals surface area contributed by atoms with Crippen molar-refractivity contribution in [2.75, 3.05) is 7.11 Å². The van der Waals surface area contributed by atoms with Crippen LogP contribution in [-0.4, -0.2) is 23.0 Å². The van der Waals surface area contributed by atoms with Crippen molar-refractivity contribution in [2.45, 2.75) is 19.3 Å². The number of pyridine rings is 1. The van der Waals surface area contributed by atoms with Crippen LogP contribution in [0.1, 0.15) is 40.9 Å². The van der Waals surface area contributed by atoms with Gasteiger partial charge in [-0.05, 0) is 108 Å². The fourth-order valence-electron chi connectivity index (χ4n) is 5.06. The molecule has 0 aliphatic heterocycles. The highest BCUT2D eigenvalue weighted by Gasteiger charge is 2.23. The number of carbonyl (C=O) groups is 1. The quantitative estimate of drug-likeness (QED) is 0.172. The predicted molar refractivity (Wildman–Crippen MR) is 171 cm³/mol. The minimum atomic E-state index is -0.184. The summed E-state index contributed by atoms with van der Waals surface area (Å²) >= 11 is 0. The summed E-state index contributed by atoms with van der Waals surface area (Å²) in [5.74, 6) is 3.33. The van der Waals surface area contributed by atoms with Crippen molar-refractivity contribution in [1.82, 2.24) is 4.98 Å². The zero-order valence-electron chi connectivity index (χ0n) is 24.7. The molecule has 6 aromatic rings. The van der Waals surface area contributed by atoms with E-state index in [2.05, 4.69) is 43.1 Å². The van der Waals surface area contributed by atoms with E-state index in [-0.39, 0.29) is 17.1 Å². The molecule has 218 valence electrons. The first-order valence-electron chi connectivity index (χ1n) is 14.2. The van der Waals surface area contributed by atoms with Gasteiger partial charge in [0.15, 0.2) is 5.78 Å². The van der Waals surface area contributed by atoms with Gasteiger partial charge >= 0.3 is 0 Å². The van der Waals surface area contributed by atoms with Gasteiger partial charge in [0.2, 0.25) is 5.88 Å². The van der Waals surface area contributed by atoms with Gasteiger partial charge in [-0.1, -0.05) is 38.1 Å². The third-order valence-electron chi connectivity index (χ3n) is 7.74. The molecule has 44 heavy (non-hydrogen) atoms. The Bertz CT molecular complexity index is 1910. The first-order valence-corrected chi connectivity index (χ1v) is 14.2. The van der Waals surface area contributed by atoms with Gasteiger partial charge in [-0.25, -0.2) is 4.98 Å². The third-order valence-corrected chi connectivity index (χ3v) is 7.74. The van der Waals surface area contributed by atoms with Crippen molar-refractivity contribution in [3.8, 4) is 34.6 Å². The van der Waals surface area contributed by atoms with Crippen LogP contribution in [0.4, 0.5) is 0 Å².